The molecule has 1 N–H and O–H groups in total. The number of methoxy groups -OCH3 is 1. The van der Waals surface area contributed by atoms with Gasteiger partial charge in [-0.05, 0) is 68.1 Å². The van der Waals surface area contributed by atoms with E-state index in [2.05, 4.69) is 42.1 Å². The standard InChI is InChI=1S/C22H34N2O3/c1-4-24(5-2)16-20(25)17-27-23-22-10-8-6-7-9-19(22)15-18-11-13-21(26-3)14-12-18/h11-15,20,25H,4-10,16-17H2,1-3H3/b19-15+,23-22+. The molecule has 0 spiro atoms. The third-order valence-corrected chi connectivity index (χ3v) is 4.99. The molecule has 0 radical (unpaired) electrons. The lowest BCUT2D eigenvalue weighted by Gasteiger charge is -2.21. The summed E-state index contributed by atoms with van der Waals surface area (Å²) in [6, 6.07) is 8.06. The Morgan fingerprint density at radius 1 is 1.11 bits per heavy atom. The summed E-state index contributed by atoms with van der Waals surface area (Å²) in [5.41, 5.74) is 3.39. The third-order valence-electron chi connectivity index (χ3n) is 4.99. The number of hydrogen-bond donors (Lipinski definition) is 1. The van der Waals surface area contributed by atoms with Crippen LogP contribution in [0.5, 0.6) is 5.75 Å². The Kier molecular flexibility index (Phi) is 9.36. The van der Waals surface area contributed by atoms with Crippen LogP contribution in [-0.4, -0.2) is 55.2 Å². The van der Waals surface area contributed by atoms with Gasteiger partial charge < -0.3 is 19.6 Å². The maximum atomic E-state index is 10.2. The monoisotopic (exact) mass is 374 g/mol. The maximum absolute atomic E-state index is 10.2. The molecule has 1 fully saturated rings. The second-order valence-electron chi connectivity index (χ2n) is 6.98. The van der Waals surface area contributed by atoms with Crippen LogP contribution in [0.1, 0.15) is 51.5 Å². The summed E-state index contributed by atoms with van der Waals surface area (Å²) in [5, 5.41) is 14.6. The van der Waals surface area contributed by atoms with Gasteiger partial charge in [0.1, 0.15) is 18.5 Å². The van der Waals surface area contributed by atoms with Crippen molar-refractivity contribution in [2.75, 3.05) is 33.4 Å². The fourth-order valence-corrected chi connectivity index (χ4v) is 3.28. The van der Waals surface area contributed by atoms with Crippen LogP contribution in [0.4, 0.5) is 0 Å². The number of likely N-dealkylation sites (N-methyl/N-ethyl adjacent to an activating group) is 1. The van der Waals surface area contributed by atoms with Crippen molar-refractivity contribution in [1.82, 2.24) is 4.90 Å². The molecule has 0 bridgehead atoms. The first-order valence-electron chi connectivity index (χ1n) is 10.1. The lowest BCUT2D eigenvalue weighted by atomic mass is 10.0. The zero-order chi connectivity index (χ0) is 19.5. The molecular weight excluding hydrogens is 340 g/mol. The smallest absolute Gasteiger partial charge is 0.144 e. The molecule has 5 heteroatoms. The molecule has 1 saturated carbocycles. The number of allylic oxidation sites excluding steroid dienone is 1. The second-order valence-corrected chi connectivity index (χ2v) is 6.98. The summed E-state index contributed by atoms with van der Waals surface area (Å²) >= 11 is 0. The molecule has 0 amide bonds. The highest BCUT2D eigenvalue weighted by Crippen LogP contribution is 2.24. The summed E-state index contributed by atoms with van der Waals surface area (Å²) < 4.78 is 5.23. The van der Waals surface area contributed by atoms with Gasteiger partial charge in [0.05, 0.1) is 12.8 Å². The van der Waals surface area contributed by atoms with Crippen LogP contribution in [0.15, 0.2) is 35.0 Å². The van der Waals surface area contributed by atoms with Crippen molar-refractivity contribution >= 4 is 11.8 Å². The van der Waals surface area contributed by atoms with Crippen molar-refractivity contribution in [3.63, 3.8) is 0 Å². The number of rotatable bonds is 9. The Morgan fingerprint density at radius 3 is 2.48 bits per heavy atom. The van der Waals surface area contributed by atoms with Gasteiger partial charge in [-0.3, -0.25) is 0 Å². The normalized spacial score (nSPS) is 19.3. The molecule has 1 aromatic carbocycles. The van der Waals surface area contributed by atoms with Crippen molar-refractivity contribution in [3.8, 4) is 5.75 Å². The minimum atomic E-state index is -0.519. The summed E-state index contributed by atoms with van der Waals surface area (Å²) in [6.07, 6.45) is 7.12. The number of benzene rings is 1. The summed E-state index contributed by atoms with van der Waals surface area (Å²) in [6.45, 7) is 6.90. The molecule has 1 unspecified atom stereocenters. The van der Waals surface area contributed by atoms with E-state index in [9.17, 15) is 5.11 Å². The molecule has 0 heterocycles. The molecule has 150 valence electrons. The van der Waals surface area contributed by atoms with Crippen molar-refractivity contribution in [2.45, 2.75) is 52.1 Å². The third kappa shape index (κ3) is 7.35. The first-order chi connectivity index (χ1) is 13.2. The van der Waals surface area contributed by atoms with Gasteiger partial charge in [-0.1, -0.05) is 37.6 Å². The van der Waals surface area contributed by atoms with Crippen LogP contribution in [0.25, 0.3) is 6.08 Å². The number of ether oxygens (including phenoxy) is 1. The molecule has 1 atom stereocenters. The fraction of sp³-hybridized carbons (Fsp3) is 0.591. The van der Waals surface area contributed by atoms with Gasteiger partial charge in [0.15, 0.2) is 0 Å². The van der Waals surface area contributed by atoms with Crippen LogP contribution in [0.2, 0.25) is 0 Å². The van der Waals surface area contributed by atoms with Crippen LogP contribution in [-0.2, 0) is 4.84 Å². The van der Waals surface area contributed by atoms with E-state index in [1.165, 1.54) is 18.4 Å². The topological polar surface area (TPSA) is 54.3 Å². The van der Waals surface area contributed by atoms with E-state index in [1.54, 1.807) is 7.11 Å². The number of hydrogen-bond acceptors (Lipinski definition) is 5. The Labute approximate surface area is 163 Å². The quantitative estimate of drug-likeness (QED) is 0.522. The lowest BCUT2D eigenvalue weighted by molar-refractivity contribution is 0.0206. The van der Waals surface area contributed by atoms with Crippen LogP contribution < -0.4 is 4.74 Å². The van der Waals surface area contributed by atoms with E-state index in [4.69, 9.17) is 9.57 Å². The number of nitrogens with zero attached hydrogens (tertiary/aromatic N) is 2. The van der Waals surface area contributed by atoms with Crippen LogP contribution in [0.3, 0.4) is 0 Å². The first-order valence-corrected chi connectivity index (χ1v) is 10.1. The van der Waals surface area contributed by atoms with Gasteiger partial charge >= 0.3 is 0 Å². The molecule has 2 rings (SSSR count). The average Bonchev–Trinajstić information content (AvgIpc) is 2.92. The van der Waals surface area contributed by atoms with E-state index in [-0.39, 0.29) is 6.61 Å². The number of aliphatic hydroxyl groups excluding tert-OH is 1. The van der Waals surface area contributed by atoms with Gasteiger partial charge in [-0.15, -0.1) is 0 Å². The molecule has 0 aromatic heterocycles. The molecule has 5 nitrogen and oxygen atoms in total. The Balaban J connectivity index is 2.01. The molecule has 1 aliphatic carbocycles. The summed E-state index contributed by atoms with van der Waals surface area (Å²) in [7, 11) is 1.68. The summed E-state index contributed by atoms with van der Waals surface area (Å²) in [5.74, 6) is 0.859. The summed E-state index contributed by atoms with van der Waals surface area (Å²) in [4.78, 5) is 7.72. The zero-order valence-corrected chi connectivity index (χ0v) is 17.0. The van der Waals surface area contributed by atoms with Crippen LogP contribution >= 0.6 is 0 Å². The Bertz CT molecular complexity index is 606. The van der Waals surface area contributed by atoms with Crippen molar-refractivity contribution in [2.24, 2.45) is 5.16 Å². The highest BCUT2D eigenvalue weighted by Gasteiger charge is 2.14. The van der Waals surface area contributed by atoms with E-state index in [0.717, 1.165) is 49.4 Å². The first kappa shape index (κ1) is 21.5. The van der Waals surface area contributed by atoms with Crippen molar-refractivity contribution < 1.29 is 14.7 Å². The van der Waals surface area contributed by atoms with Crippen molar-refractivity contribution in [1.29, 1.82) is 0 Å². The Hall–Kier alpha value is -1.85. The Morgan fingerprint density at radius 2 is 1.81 bits per heavy atom. The highest BCUT2D eigenvalue weighted by molar-refractivity contribution is 6.03. The predicted octanol–water partition coefficient (Wildman–Crippen LogP) is 4.12. The molecule has 0 aliphatic heterocycles. The van der Waals surface area contributed by atoms with Gasteiger partial charge in [-0.2, -0.15) is 0 Å². The van der Waals surface area contributed by atoms with E-state index in [1.807, 2.05) is 12.1 Å². The van der Waals surface area contributed by atoms with Gasteiger partial charge in [0.25, 0.3) is 0 Å². The fourth-order valence-electron chi connectivity index (χ4n) is 3.28. The maximum Gasteiger partial charge on any atom is 0.144 e. The van der Waals surface area contributed by atoms with Gasteiger partial charge in [-0.25, -0.2) is 0 Å². The second kappa shape index (κ2) is 11.8. The molecule has 27 heavy (non-hydrogen) atoms. The largest absolute Gasteiger partial charge is 0.497 e. The number of aliphatic hydroxyl groups is 1. The number of oxime groups is 1. The molecule has 1 aliphatic rings. The SMILES string of the molecule is CCN(CC)CC(O)CO/N=C1\CCCCC\C1=C/c1ccc(OC)cc1. The van der Waals surface area contributed by atoms with E-state index >= 15 is 0 Å². The van der Waals surface area contributed by atoms with Crippen molar-refractivity contribution in [3.05, 3.63) is 35.4 Å². The van der Waals surface area contributed by atoms with Gasteiger partial charge in [0, 0.05) is 6.54 Å². The molecule has 1 aromatic rings. The highest BCUT2D eigenvalue weighted by atomic mass is 16.6. The average molecular weight is 375 g/mol. The minimum Gasteiger partial charge on any atom is -0.497 e. The predicted molar refractivity (Wildman–Crippen MR) is 111 cm³/mol. The van der Waals surface area contributed by atoms with Crippen LogP contribution in [0, 0.1) is 0 Å². The zero-order valence-electron chi connectivity index (χ0n) is 17.0. The lowest BCUT2D eigenvalue weighted by Crippen LogP contribution is -2.34. The molecule has 0 saturated heterocycles. The van der Waals surface area contributed by atoms with Gasteiger partial charge in [0.2, 0.25) is 0 Å². The van der Waals surface area contributed by atoms with E-state index in [0.29, 0.717) is 6.54 Å². The molecular formula is C22H34N2O3. The van der Waals surface area contributed by atoms with E-state index < -0.39 is 6.10 Å². The minimum absolute atomic E-state index is 0.232.